The molecule has 3 unspecified atom stereocenters. The second-order valence-electron chi connectivity index (χ2n) is 13.1. The second kappa shape index (κ2) is 9.37. The molecule has 3 saturated carbocycles. The molecule has 0 amide bonds. The zero-order valence-electron chi connectivity index (χ0n) is 23.8. The number of carbonyl (C=O) groups is 1. The Morgan fingerprint density at radius 3 is 2.49 bits per heavy atom. The van der Waals surface area contributed by atoms with E-state index < -0.39 is 15.4 Å². The standard InChI is InChI=1S/C30H39N5O5S/c1-28(2)24-17-25(36)29(10-11-30(24,28)29)20-41(38,39)34-14-12-33(13-15-34)23-19-32-35(21-7-4-3-5-8-21)27(37)26(23)31-18-22-9-6-16-40-22/h3-5,7-8,19,22,24,31H,6,9-18,20H2,1-2H3/t22?,24-,29?,30?/m0/s1. The molecule has 7 rings (SSSR count). The Bertz CT molecular complexity index is 1530. The van der Waals surface area contributed by atoms with Gasteiger partial charge >= 0.3 is 0 Å². The van der Waals surface area contributed by atoms with Gasteiger partial charge in [0.15, 0.2) is 0 Å². The predicted octanol–water partition coefficient (Wildman–Crippen LogP) is 2.67. The Hall–Kier alpha value is -2.76. The van der Waals surface area contributed by atoms with Gasteiger partial charge in [-0.2, -0.15) is 14.1 Å². The third-order valence-corrected chi connectivity index (χ3v) is 13.2. The van der Waals surface area contributed by atoms with Crippen molar-refractivity contribution in [2.75, 3.05) is 55.3 Å². The van der Waals surface area contributed by atoms with Crippen LogP contribution in [0.5, 0.6) is 0 Å². The predicted molar refractivity (Wildman–Crippen MR) is 156 cm³/mol. The fraction of sp³-hybridized carbons (Fsp3) is 0.633. The van der Waals surface area contributed by atoms with E-state index in [-0.39, 0.29) is 34.0 Å². The molecule has 5 aliphatic rings. The van der Waals surface area contributed by atoms with Crippen molar-refractivity contribution in [1.82, 2.24) is 14.1 Å². The van der Waals surface area contributed by atoms with Gasteiger partial charge < -0.3 is 15.0 Å². The molecule has 2 aromatic rings. The minimum Gasteiger partial charge on any atom is -0.376 e. The van der Waals surface area contributed by atoms with Crippen molar-refractivity contribution in [3.8, 4) is 5.69 Å². The molecule has 41 heavy (non-hydrogen) atoms. The molecular weight excluding hydrogens is 542 g/mol. The Morgan fingerprint density at radius 2 is 1.83 bits per heavy atom. The number of carbonyl (C=O) groups excluding carboxylic acids is 1. The first-order chi connectivity index (χ1) is 19.6. The number of sulfonamides is 1. The highest BCUT2D eigenvalue weighted by molar-refractivity contribution is 7.89. The van der Waals surface area contributed by atoms with Crippen LogP contribution in [0.25, 0.3) is 5.69 Å². The summed E-state index contributed by atoms with van der Waals surface area (Å²) in [6, 6.07) is 9.31. The number of piperazine rings is 1. The van der Waals surface area contributed by atoms with Crippen molar-refractivity contribution < 1.29 is 17.9 Å². The first-order valence-corrected chi connectivity index (χ1v) is 16.5. The van der Waals surface area contributed by atoms with Crippen molar-refractivity contribution in [3.05, 3.63) is 46.9 Å². The monoisotopic (exact) mass is 581 g/mol. The molecule has 1 spiro atoms. The summed E-state index contributed by atoms with van der Waals surface area (Å²) < 4.78 is 36.2. The van der Waals surface area contributed by atoms with Gasteiger partial charge in [-0.15, -0.1) is 0 Å². The summed E-state index contributed by atoms with van der Waals surface area (Å²) in [5.74, 6) is 0.415. The minimum atomic E-state index is -3.62. The molecule has 1 aromatic heterocycles. The lowest BCUT2D eigenvalue weighted by Crippen LogP contribution is -2.57. The van der Waals surface area contributed by atoms with Crippen molar-refractivity contribution >= 4 is 27.2 Å². The minimum absolute atomic E-state index is 0.0473. The van der Waals surface area contributed by atoms with E-state index >= 15 is 0 Å². The molecule has 3 heterocycles. The van der Waals surface area contributed by atoms with Crippen LogP contribution in [0.2, 0.25) is 0 Å². The molecule has 5 fully saturated rings. The molecule has 11 heteroatoms. The zero-order valence-corrected chi connectivity index (χ0v) is 24.7. The first kappa shape index (κ1) is 27.1. The largest absolute Gasteiger partial charge is 0.376 e. The first-order valence-electron chi connectivity index (χ1n) is 14.9. The van der Waals surface area contributed by atoms with E-state index in [1.807, 2.05) is 35.2 Å². The van der Waals surface area contributed by atoms with Crippen LogP contribution in [0.1, 0.15) is 46.0 Å². The van der Waals surface area contributed by atoms with E-state index in [2.05, 4.69) is 24.3 Å². The smallest absolute Gasteiger partial charge is 0.296 e. The van der Waals surface area contributed by atoms with Crippen LogP contribution in [-0.4, -0.2) is 79.5 Å². The van der Waals surface area contributed by atoms with Crippen LogP contribution >= 0.6 is 0 Å². The molecular formula is C30H39N5O5S. The summed E-state index contributed by atoms with van der Waals surface area (Å²) in [6.07, 6.45) is 5.87. The van der Waals surface area contributed by atoms with Gasteiger partial charge in [-0.05, 0) is 54.6 Å². The van der Waals surface area contributed by atoms with E-state index in [1.165, 1.54) is 4.68 Å². The van der Waals surface area contributed by atoms with E-state index in [0.29, 0.717) is 68.5 Å². The highest BCUT2D eigenvalue weighted by atomic mass is 32.2. The number of ether oxygens (including phenoxy) is 1. The normalized spacial score (nSPS) is 32.3. The lowest BCUT2D eigenvalue weighted by molar-refractivity contribution is -0.137. The number of para-hydroxylation sites is 1. The maximum absolute atomic E-state index is 13.7. The molecule has 220 valence electrons. The van der Waals surface area contributed by atoms with Crippen LogP contribution in [-0.2, 0) is 19.6 Å². The average Bonchev–Trinajstić information content (AvgIpc) is 3.24. The van der Waals surface area contributed by atoms with Gasteiger partial charge in [-0.3, -0.25) is 9.59 Å². The maximum atomic E-state index is 13.7. The lowest BCUT2D eigenvalue weighted by atomic mass is 9.55. The number of hydrogen-bond donors (Lipinski definition) is 1. The van der Waals surface area contributed by atoms with Crippen molar-refractivity contribution in [3.63, 3.8) is 0 Å². The molecule has 0 radical (unpaired) electrons. The molecule has 1 aromatic carbocycles. The molecule has 1 N–H and O–H groups in total. The number of ketones is 1. The van der Waals surface area contributed by atoms with Gasteiger partial charge in [0.2, 0.25) is 10.0 Å². The van der Waals surface area contributed by atoms with E-state index in [0.717, 1.165) is 25.9 Å². The van der Waals surface area contributed by atoms with Crippen LogP contribution in [0.4, 0.5) is 11.4 Å². The highest BCUT2D eigenvalue weighted by Crippen LogP contribution is 2.89. The van der Waals surface area contributed by atoms with E-state index in [9.17, 15) is 18.0 Å². The maximum Gasteiger partial charge on any atom is 0.296 e. The summed E-state index contributed by atoms with van der Waals surface area (Å²) >= 11 is 0. The number of benzene rings is 1. The molecule has 10 nitrogen and oxygen atoms in total. The van der Waals surface area contributed by atoms with Gasteiger partial charge in [0, 0.05) is 45.8 Å². The second-order valence-corrected chi connectivity index (χ2v) is 15.0. The van der Waals surface area contributed by atoms with Crippen molar-refractivity contribution in [2.24, 2.45) is 22.2 Å². The summed E-state index contributed by atoms with van der Waals surface area (Å²) in [6.45, 7) is 7.13. The Labute approximate surface area is 241 Å². The number of nitrogens with one attached hydrogen (secondary N) is 1. The Morgan fingerprint density at radius 1 is 1.07 bits per heavy atom. The van der Waals surface area contributed by atoms with Crippen LogP contribution in [0.3, 0.4) is 0 Å². The number of anilines is 2. The third kappa shape index (κ3) is 3.88. The summed E-state index contributed by atoms with van der Waals surface area (Å²) in [4.78, 5) is 28.8. The average molecular weight is 582 g/mol. The zero-order chi connectivity index (χ0) is 28.6. The number of rotatable bonds is 8. The van der Waals surface area contributed by atoms with Gasteiger partial charge in [0.25, 0.3) is 5.56 Å². The Balaban J connectivity index is 1.10. The number of hydrogen-bond acceptors (Lipinski definition) is 8. The van der Waals surface area contributed by atoms with Crippen LogP contribution in [0.15, 0.2) is 41.3 Å². The van der Waals surface area contributed by atoms with Gasteiger partial charge in [-0.25, -0.2) is 8.42 Å². The molecule has 3 aliphatic carbocycles. The number of Topliss-reactive ketones (excluding diaryl/α,β-unsaturated/α-hetero) is 1. The van der Waals surface area contributed by atoms with Crippen molar-refractivity contribution in [1.29, 1.82) is 0 Å². The summed E-state index contributed by atoms with van der Waals surface area (Å²) in [7, 11) is -3.62. The molecule has 4 atom stereocenters. The topological polar surface area (TPSA) is 114 Å². The van der Waals surface area contributed by atoms with Gasteiger partial charge in [0.05, 0.1) is 34.8 Å². The third-order valence-electron chi connectivity index (χ3n) is 11.1. The Kier molecular flexibility index (Phi) is 6.19. The van der Waals surface area contributed by atoms with Crippen LogP contribution < -0.4 is 15.8 Å². The molecule has 0 bridgehead atoms. The SMILES string of the molecule is CC1(C)[C@@H]2CC(=O)C3(CS(=O)(=O)N4CCN(c5cnn(-c6ccccc6)c(=O)c5NCC5CCCO5)CC4)CCC231. The quantitative estimate of drug-likeness (QED) is 0.506. The van der Waals surface area contributed by atoms with Gasteiger partial charge in [-0.1, -0.05) is 32.0 Å². The lowest BCUT2D eigenvalue weighted by Gasteiger charge is -2.50. The molecule has 2 aliphatic heterocycles. The van der Waals surface area contributed by atoms with E-state index in [4.69, 9.17) is 4.74 Å². The highest BCUT2D eigenvalue weighted by Gasteiger charge is 2.88. The molecule has 2 saturated heterocycles. The fourth-order valence-corrected chi connectivity index (χ4v) is 10.9. The van der Waals surface area contributed by atoms with Gasteiger partial charge in [0.1, 0.15) is 11.5 Å². The van der Waals surface area contributed by atoms with Crippen molar-refractivity contribution in [2.45, 2.75) is 52.1 Å². The van der Waals surface area contributed by atoms with Crippen LogP contribution in [0, 0.1) is 22.2 Å². The number of aromatic nitrogens is 2. The summed E-state index contributed by atoms with van der Waals surface area (Å²) in [5, 5.41) is 7.83. The number of nitrogens with zero attached hydrogens (tertiary/aromatic N) is 4. The fourth-order valence-electron chi connectivity index (χ4n) is 8.82. The summed E-state index contributed by atoms with van der Waals surface area (Å²) in [5.41, 5.74) is 0.764. The van der Waals surface area contributed by atoms with E-state index in [1.54, 1.807) is 10.5 Å².